The molecule has 2 aromatic rings. The topological polar surface area (TPSA) is 127 Å². The second kappa shape index (κ2) is 6.13. The zero-order valence-electron chi connectivity index (χ0n) is 10.6. The molecule has 10 heteroatoms. The molecule has 0 aliphatic carbocycles. The maximum Gasteiger partial charge on any atom is 0.356 e. The number of nitrogens with one attached hydrogen (secondary N) is 1. The van der Waals surface area contributed by atoms with Gasteiger partial charge in [0, 0.05) is 25.4 Å². The van der Waals surface area contributed by atoms with Gasteiger partial charge in [0.2, 0.25) is 0 Å². The average Bonchev–Trinajstić information content (AvgIpc) is 3.07. The normalized spacial score (nSPS) is 10.3. The molecule has 21 heavy (non-hydrogen) atoms. The molecule has 0 atom stereocenters. The van der Waals surface area contributed by atoms with E-state index in [2.05, 4.69) is 10.3 Å². The molecule has 0 aliphatic rings. The summed E-state index contributed by atoms with van der Waals surface area (Å²) in [5.74, 6) is -1.53. The first-order chi connectivity index (χ1) is 9.97. The van der Waals surface area contributed by atoms with Crippen LogP contribution >= 0.6 is 11.3 Å². The molecular formula is C11H10N4O5S. The Kier molecular flexibility index (Phi) is 4.28. The van der Waals surface area contributed by atoms with Gasteiger partial charge in [0.1, 0.15) is 0 Å². The smallest absolute Gasteiger partial charge is 0.356 e. The molecule has 2 aromatic heterocycles. The summed E-state index contributed by atoms with van der Waals surface area (Å²) >= 11 is 0.795. The third kappa shape index (κ3) is 3.63. The van der Waals surface area contributed by atoms with E-state index in [-0.39, 0.29) is 22.1 Å². The number of hydrogen-bond acceptors (Lipinski definition) is 6. The zero-order valence-corrected chi connectivity index (χ0v) is 11.4. The van der Waals surface area contributed by atoms with Crippen LogP contribution in [0.2, 0.25) is 0 Å². The zero-order chi connectivity index (χ0) is 15.4. The van der Waals surface area contributed by atoms with Gasteiger partial charge in [-0.2, -0.15) is 0 Å². The van der Waals surface area contributed by atoms with Crippen LogP contribution in [0, 0.1) is 10.1 Å². The number of imidazole rings is 1. The van der Waals surface area contributed by atoms with Crippen molar-refractivity contribution in [3.8, 4) is 0 Å². The van der Waals surface area contributed by atoms with Crippen LogP contribution in [0.5, 0.6) is 0 Å². The van der Waals surface area contributed by atoms with Gasteiger partial charge < -0.3 is 15.0 Å². The molecule has 0 saturated heterocycles. The summed E-state index contributed by atoms with van der Waals surface area (Å²) in [5.41, 5.74) is -0.0739. The van der Waals surface area contributed by atoms with Crippen molar-refractivity contribution in [1.29, 1.82) is 0 Å². The maximum absolute atomic E-state index is 11.7. The summed E-state index contributed by atoms with van der Waals surface area (Å²) in [6.07, 6.45) is 2.70. The number of carboxylic acid groups (broad SMARTS) is 1. The Balaban J connectivity index is 1.85. The highest BCUT2D eigenvalue weighted by atomic mass is 32.1. The van der Waals surface area contributed by atoms with E-state index >= 15 is 0 Å². The molecule has 110 valence electrons. The molecule has 9 nitrogen and oxygen atoms in total. The summed E-state index contributed by atoms with van der Waals surface area (Å²) < 4.78 is 1.53. The predicted molar refractivity (Wildman–Crippen MR) is 72.5 cm³/mol. The number of nitrogens with zero attached hydrogens (tertiary/aromatic N) is 3. The molecule has 1 amide bonds. The Labute approximate surface area is 122 Å². The fourth-order valence-electron chi connectivity index (χ4n) is 1.53. The molecule has 0 fully saturated rings. The van der Waals surface area contributed by atoms with E-state index in [1.807, 2.05) is 0 Å². The third-order valence-electron chi connectivity index (χ3n) is 2.50. The van der Waals surface area contributed by atoms with Gasteiger partial charge in [-0.15, -0.1) is 0 Å². The van der Waals surface area contributed by atoms with Crippen molar-refractivity contribution in [3.63, 3.8) is 0 Å². The maximum atomic E-state index is 11.7. The Morgan fingerprint density at radius 2 is 2.24 bits per heavy atom. The summed E-state index contributed by atoms with van der Waals surface area (Å²) in [5, 5.41) is 21.7. The van der Waals surface area contributed by atoms with Crippen LogP contribution < -0.4 is 5.32 Å². The molecule has 0 aromatic carbocycles. The van der Waals surface area contributed by atoms with Gasteiger partial charge in [-0.3, -0.25) is 14.9 Å². The minimum Gasteiger partial charge on any atom is -0.476 e. The van der Waals surface area contributed by atoms with Crippen LogP contribution in [0.3, 0.4) is 0 Å². The van der Waals surface area contributed by atoms with Gasteiger partial charge in [0.15, 0.2) is 5.69 Å². The van der Waals surface area contributed by atoms with E-state index in [4.69, 9.17) is 5.11 Å². The van der Waals surface area contributed by atoms with Crippen molar-refractivity contribution in [2.24, 2.45) is 0 Å². The number of thiophene rings is 1. The molecule has 2 N–H and O–H groups in total. The Morgan fingerprint density at radius 3 is 2.81 bits per heavy atom. The van der Waals surface area contributed by atoms with Crippen LogP contribution in [-0.4, -0.2) is 38.0 Å². The predicted octanol–water partition coefficient (Wildman–Crippen LogP) is 0.981. The highest BCUT2D eigenvalue weighted by Crippen LogP contribution is 2.23. The number of carbonyl (C=O) groups is 2. The second-order valence-corrected chi connectivity index (χ2v) is 5.02. The van der Waals surface area contributed by atoms with E-state index in [1.54, 1.807) is 0 Å². The largest absolute Gasteiger partial charge is 0.476 e. The fourth-order valence-corrected chi connectivity index (χ4v) is 2.26. The van der Waals surface area contributed by atoms with E-state index in [0.717, 1.165) is 11.3 Å². The summed E-state index contributed by atoms with van der Waals surface area (Å²) in [6.45, 7) is 0.597. The van der Waals surface area contributed by atoms with E-state index in [9.17, 15) is 19.7 Å². The number of nitro groups is 1. The molecule has 0 saturated carbocycles. The minimum atomic E-state index is -1.12. The number of carboxylic acids is 1. The lowest BCUT2D eigenvalue weighted by Gasteiger charge is -2.03. The van der Waals surface area contributed by atoms with Crippen molar-refractivity contribution in [2.45, 2.75) is 6.54 Å². The lowest BCUT2D eigenvalue weighted by atomic mass is 10.4. The minimum absolute atomic E-state index is 0.0739. The number of aromatic nitrogens is 2. The molecule has 2 rings (SSSR count). The number of aromatic carboxylic acids is 1. The lowest BCUT2D eigenvalue weighted by molar-refractivity contribution is -0.380. The van der Waals surface area contributed by atoms with Crippen LogP contribution in [-0.2, 0) is 6.54 Å². The number of rotatable bonds is 6. The van der Waals surface area contributed by atoms with Crippen LogP contribution in [0.1, 0.15) is 20.2 Å². The standard InChI is InChI=1S/C11H10N4O5S/c16-10(8-1-2-9(21-8)15(19)20)12-3-4-14-5-7(11(17)18)13-6-14/h1-2,5-6H,3-4H2,(H,12,16)(H,17,18). The molecule has 0 unspecified atom stereocenters. The molecule has 2 heterocycles. The monoisotopic (exact) mass is 310 g/mol. The first kappa shape index (κ1) is 14.7. The van der Waals surface area contributed by atoms with Crippen LogP contribution in [0.15, 0.2) is 24.7 Å². The van der Waals surface area contributed by atoms with Gasteiger partial charge in [-0.1, -0.05) is 11.3 Å². The molecule has 0 spiro atoms. The SMILES string of the molecule is O=C(O)c1cn(CCNC(=O)c2ccc([N+](=O)[O-])s2)cn1. The molecule has 0 aliphatic heterocycles. The second-order valence-electron chi connectivity index (χ2n) is 3.95. The van der Waals surface area contributed by atoms with Crippen molar-refractivity contribution in [3.05, 3.63) is 45.3 Å². The number of hydrogen-bond donors (Lipinski definition) is 2. The Morgan fingerprint density at radius 1 is 1.48 bits per heavy atom. The fraction of sp³-hybridized carbons (Fsp3) is 0.182. The Bertz CT molecular complexity index is 692. The Hall–Kier alpha value is -2.75. The number of amides is 1. The lowest BCUT2D eigenvalue weighted by Crippen LogP contribution is -2.26. The van der Waals surface area contributed by atoms with E-state index < -0.39 is 16.8 Å². The third-order valence-corrected chi connectivity index (χ3v) is 3.54. The molecular weight excluding hydrogens is 300 g/mol. The molecule has 0 radical (unpaired) electrons. The average molecular weight is 310 g/mol. The quantitative estimate of drug-likeness (QED) is 0.604. The van der Waals surface area contributed by atoms with Crippen molar-refractivity contribution < 1.29 is 19.6 Å². The van der Waals surface area contributed by atoms with Gasteiger partial charge in [0.25, 0.3) is 5.91 Å². The van der Waals surface area contributed by atoms with Gasteiger partial charge in [-0.25, -0.2) is 9.78 Å². The molecule has 0 bridgehead atoms. The van der Waals surface area contributed by atoms with Crippen molar-refractivity contribution in [2.75, 3.05) is 6.54 Å². The highest BCUT2D eigenvalue weighted by Gasteiger charge is 2.14. The van der Waals surface area contributed by atoms with Crippen molar-refractivity contribution in [1.82, 2.24) is 14.9 Å². The van der Waals surface area contributed by atoms with Gasteiger partial charge in [0.05, 0.1) is 16.1 Å². The number of carbonyl (C=O) groups excluding carboxylic acids is 1. The van der Waals surface area contributed by atoms with Gasteiger partial charge >= 0.3 is 11.0 Å². The first-order valence-electron chi connectivity index (χ1n) is 5.75. The summed E-state index contributed by atoms with van der Waals surface area (Å²) in [7, 11) is 0. The van der Waals surface area contributed by atoms with E-state index in [1.165, 1.54) is 29.2 Å². The summed E-state index contributed by atoms with van der Waals surface area (Å²) in [6, 6.07) is 2.66. The summed E-state index contributed by atoms with van der Waals surface area (Å²) in [4.78, 5) is 36.3. The highest BCUT2D eigenvalue weighted by molar-refractivity contribution is 7.17. The van der Waals surface area contributed by atoms with E-state index in [0.29, 0.717) is 6.54 Å². The van der Waals surface area contributed by atoms with Crippen LogP contribution in [0.25, 0.3) is 0 Å². The van der Waals surface area contributed by atoms with Crippen LogP contribution in [0.4, 0.5) is 5.00 Å². The first-order valence-corrected chi connectivity index (χ1v) is 6.56. The van der Waals surface area contributed by atoms with Crippen molar-refractivity contribution >= 4 is 28.2 Å². The van der Waals surface area contributed by atoms with Gasteiger partial charge in [-0.05, 0) is 6.07 Å².